The van der Waals surface area contributed by atoms with E-state index in [1.54, 1.807) is 0 Å². The number of alkyl halides is 1. The fraction of sp³-hybridized carbons (Fsp3) is 0.750. The molecule has 1 aliphatic rings. The zero-order valence-electron chi connectivity index (χ0n) is 10.4. The van der Waals surface area contributed by atoms with Crippen LogP contribution in [0.1, 0.15) is 31.2 Å². The molecular weight excluding hydrogens is 257 g/mol. The van der Waals surface area contributed by atoms with Crippen LogP contribution in [0.5, 0.6) is 0 Å². The fourth-order valence-electron chi connectivity index (χ4n) is 1.99. The van der Waals surface area contributed by atoms with E-state index < -0.39 is 0 Å². The van der Waals surface area contributed by atoms with E-state index in [9.17, 15) is 0 Å². The average molecular weight is 276 g/mol. The Bertz CT molecular complexity index is 397. The quantitative estimate of drug-likeness (QED) is 0.810. The van der Waals surface area contributed by atoms with Crippen LogP contribution in [0.2, 0.25) is 5.02 Å². The number of aromatic nitrogens is 2. The molecule has 5 heteroatoms. The highest BCUT2D eigenvalue weighted by molar-refractivity contribution is 6.31. The predicted octanol–water partition coefficient (Wildman–Crippen LogP) is 2.74. The van der Waals surface area contributed by atoms with Gasteiger partial charge in [0.05, 0.1) is 16.4 Å². The van der Waals surface area contributed by atoms with Gasteiger partial charge in [0.25, 0.3) is 0 Å². The van der Waals surface area contributed by atoms with Crippen molar-refractivity contribution in [2.75, 3.05) is 12.4 Å². The molecule has 0 spiro atoms. The molecule has 1 heterocycles. The van der Waals surface area contributed by atoms with Crippen molar-refractivity contribution in [1.82, 2.24) is 15.1 Å². The van der Waals surface area contributed by atoms with Crippen molar-refractivity contribution in [3.05, 3.63) is 16.4 Å². The van der Waals surface area contributed by atoms with Gasteiger partial charge in [-0.1, -0.05) is 18.5 Å². The normalized spacial score (nSPS) is 17.4. The van der Waals surface area contributed by atoms with Crippen molar-refractivity contribution < 1.29 is 0 Å². The van der Waals surface area contributed by atoms with Crippen molar-refractivity contribution >= 4 is 23.2 Å². The summed E-state index contributed by atoms with van der Waals surface area (Å²) in [4.78, 5) is 0. The Kier molecular flexibility index (Phi) is 4.01. The number of nitrogens with one attached hydrogen (secondary N) is 1. The smallest absolute Gasteiger partial charge is 0.0863 e. The van der Waals surface area contributed by atoms with Gasteiger partial charge in [-0.05, 0) is 24.7 Å². The Labute approximate surface area is 112 Å². The molecule has 17 heavy (non-hydrogen) atoms. The van der Waals surface area contributed by atoms with Gasteiger partial charge in [-0.25, -0.2) is 0 Å². The molecule has 0 aliphatic heterocycles. The molecule has 0 unspecified atom stereocenters. The molecule has 2 rings (SSSR count). The third-order valence-corrected chi connectivity index (χ3v) is 4.54. The van der Waals surface area contributed by atoms with Gasteiger partial charge in [0, 0.05) is 26.0 Å². The van der Waals surface area contributed by atoms with Crippen LogP contribution >= 0.6 is 23.2 Å². The number of hydrogen-bond acceptors (Lipinski definition) is 2. The second-order valence-corrected chi connectivity index (χ2v) is 5.57. The first-order valence-electron chi connectivity index (χ1n) is 6.09. The van der Waals surface area contributed by atoms with E-state index in [-0.39, 0.29) is 0 Å². The van der Waals surface area contributed by atoms with Gasteiger partial charge >= 0.3 is 0 Å². The lowest BCUT2D eigenvalue weighted by Gasteiger charge is -2.12. The number of aryl methyl sites for hydroxylation is 2. The Morgan fingerprint density at radius 2 is 2.18 bits per heavy atom. The summed E-state index contributed by atoms with van der Waals surface area (Å²) in [5, 5.41) is 8.65. The summed E-state index contributed by atoms with van der Waals surface area (Å²) < 4.78 is 1.87. The highest BCUT2D eigenvalue weighted by Crippen LogP contribution is 2.45. The number of nitrogens with zero attached hydrogens (tertiary/aromatic N) is 2. The highest BCUT2D eigenvalue weighted by Gasteiger charge is 2.41. The summed E-state index contributed by atoms with van der Waals surface area (Å²) in [5.41, 5.74) is 2.39. The molecule has 3 nitrogen and oxygen atoms in total. The minimum absolute atomic E-state index is 0.347. The standard InChI is InChI=1S/C12H19Cl2N3/c1-3-9-11(14)10(17(2)16-9)6-15-8-12(7-13)4-5-12/h15H,3-8H2,1-2H3. The lowest BCUT2D eigenvalue weighted by molar-refractivity contribution is 0.495. The summed E-state index contributed by atoms with van der Waals surface area (Å²) in [7, 11) is 1.94. The maximum atomic E-state index is 6.28. The van der Waals surface area contributed by atoms with Crippen LogP contribution in [-0.2, 0) is 20.0 Å². The molecule has 1 N–H and O–H groups in total. The molecule has 1 fully saturated rings. The molecule has 96 valence electrons. The monoisotopic (exact) mass is 275 g/mol. The fourth-order valence-corrected chi connectivity index (χ4v) is 2.71. The first-order chi connectivity index (χ1) is 8.12. The van der Waals surface area contributed by atoms with Crippen molar-refractivity contribution in [3.63, 3.8) is 0 Å². The van der Waals surface area contributed by atoms with Gasteiger partial charge in [0.1, 0.15) is 0 Å². The van der Waals surface area contributed by atoms with E-state index in [1.807, 2.05) is 11.7 Å². The van der Waals surface area contributed by atoms with Crippen LogP contribution in [0, 0.1) is 5.41 Å². The zero-order chi connectivity index (χ0) is 12.5. The van der Waals surface area contributed by atoms with E-state index in [4.69, 9.17) is 23.2 Å². The molecule has 0 saturated heterocycles. The molecule has 1 aromatic rings. The van der Waals surface area contributed by atoms with Gasteiger partial charge < -0.3 is 5.32 Å². The first kappa shape index (κ1) is 13.2. The first-order valence-corrected chi connectivity index (χ1v) is 7.00. The summed E-state index contributed by atoms with van der Waals surface area (Å²) in [6.45, 7) is 3.80. The predicted molar refractivity (Wildman–Crippen MR) is 71.7 cm³/mol. The molecule has 0 amide bonds. The lowest BCUT2D eigenvalue weighted by Crippen LogP contribution is -2.25. The third-order valence-electron chi connectivity index (χ3n) is 3.54. The highest BCUT2D eigenvalue weighted by atomic mass is 35.5. The summed E-state index contributed by atoms with van der Waals surface area (Å²) in [5.74, 6) is 0.749. The molecule has 1 aliphatic carbocycles. The van der Waals surface area contributed by atoms with Crippen LogP contribution in [0.4, 0.5) is 0 Å². The second-order valence-electron chi connectivity index (χ2n) is 4.92. The largest absolute Gasteiger partial charge is 0.311 e. The molecule has 0 bridgehead atoms. The molecule has 0 atom stereocenters. The zero-order valence-corrected chi connectivity index (χ0v) is 11.9. The molecule has 0 aromatic carbocycles. The number of rotatable bonds is 6. The van der Waals surface area contributed by atoms with Gasteiger partial charge in [-0.15, -0.1) is 11.6 Å². The SMILES string of the molecule is CCc1nn(C)c(CNCC2(CCl)CC2)c1Cl. The van der Waals surface area contributed by atoms with Gasteiger partial charge in [0.2, 0.25) is 0 Å². The van der Waals surface area contributed by atoms with Crippen LogP contribution < -0.4 is 5.32 Å². The van der Waals surface area contributed by atoms with E-state index in [0.717, 1.165) is 41.8 Å². The number of hydrogen-bond donors (Lipinski definition) is 1. The molecule has 1 saturated carbocycles. The molecule has 0 radical (unpaired) electrons. The van der Waals surface area contributed by atoms with Crippen LogP contribution in [0.3, 0.4) is 0 Å². The topological polar surface area (TPSA) is 29.9 Å². The van der Waals surface area contributed by atoms with E-state index in [1.165, 1.54) is 12.8 Å². The van der Waals surface area contributed by atoms with Crippen molar-refractivity contribution in [2.45, 2.75) is 32.7 Å². The lowest BCUT2D eigenvalue weighted by atomic mass is 10.1. The van der Waals surface area contributed by atoms with Crippen molar-refractivity contribution in [2.24, 2.45) is 12.5 Å². The Balaban J connectivity index is 1.92. The average Bonchev–Trinajstić information content (AvgIpc) is 3.05. The molecular formula is C12H19Cl2N3. The maximum absolute atomic E-state index is 6.28. The molecule has 1 aromatic heterocycles. The Morgan fingerprint density at radius 3 is 2.65 bits per heavy atom. The van der Waals surface area contributed by atoms with Gasteiger partial charge in [-0.2, -0.15) is 5.10 Å². The van der Waals surface area contributed by atoms with E-state index in [0.29, 0.717) is 5.41 Å². The van der Waals surface area contributed by atoms with Crippen molar-refractivity contribution in [1.29, 1.82) is 0 Å². The third kappa shape index (κ3) is 2.78. The van der Waals surface area contributed by atoms with E-state index in [2.05, 4.69) is 17.3 Å². The van der Waals surface area contributed by atoms with Crippen LogP contribution in [0.15, 0.2) is 0 Å². The van der Waals surface area contributed by atoms with Crippen LogP contribution in [0.25, 0.3) is 0 Å². The van der Waals surface area contributed by atoms with Crippen molar-refractivity contribution in [3.8, 4) is 0 Å². The van der Waals surface area contributed by atoms with E-state index >= 15 is 0 Å². The van der Waals surface area contributed by atoms with Crippen LogP contribution in [-0.4, -0.2) is 22.2 Å². The Hall–Kier alpha value is -0.250. The summed E-state index contributed by atoms with van der Waals surface area (Å²) >= 11 is 12.2. The van der Waals surface area contributed by atoms with Gasteiger partial charge in [-0.3, -0.25) is 4.68 Å². The van der Waals surface area contributed by atoms with Gasteiger partial charge in [0.15, 0.2) is 0 Å². The second kappa shape index (κ2) is 5.17. The minimum atomic E-state index is 0.347. The summed E-state index contributed by atoms with van der Waals surface area (Å²) in [6, 6.07) is 0. The maximum Gasteiger partial charge on any atom is 0.0863 e. The summed E-state index contributed by atoms with van der Waals surface area (Å²) in [6.07, 6.45) is 3.35. The number of halogens is 2. The Morgan fingerprint density at radius 1 is 1.47 bits per heavy atom. The minimum Gasteiger partial charge on any atom is -0.311 e.